The van der Waals surface area contributed by atoms with Gasteiger partial charge in [0.1, 0.15) is 5.75 Å². The highest BCUT2D eigenvalue weighted by Gasteiger charge is 2.30. The Labute approximate surface area is 87.9 Å². The monoisotopic (exact) mass is 240 g/mol. The van der Waals surface area contributed by atoms with Crippen molar-refractivity contribution in [1.29, 1.82) is 0 Å². The molecule has 0 aliphatic heterocycles. The molecule has 0 saturated carbocycles. The van der Waals surface area contributed by atoms with Gasteiger partial charge in [-0.2, -0.15) is 17.6 Å². The van der Waals surface area contributed by atoms with Crippen molar-refractivity contribution in [3.8, 4) is 5.75 Å². The predicted octanol–water partition coefficient (Wildman–Crippen LogP) is 4.09. The van der Waals surface area contributed by atoms with Crippen LogP contribution in [-0.4, -0.2) is 6.11 Å². The number of hydrogen-bond donors (Lipinski definition) is 0. The summed E-state index contributed by atoms with van der Waals surface area (Å²) in [6.07, 6.45) is -7.11. The van der Waals surface area contributed by atoms with Crippen LogP contribution in [0.4, 0.5) is 17.6 Å². The van der Waals surface area contributed by atoms with E-state index in [1.54, 1.807) is 0 Å². The van der Waals surface area contributed by atoms with E-state index in [4.69, 9.17) is 11.6 Å². The van der Waals surface area contributed by atoms with E-state index in [-0.39, 0.29) is 5.75 Å². The molecule has 0 radical (unpaired) electrons. The standard InChI is InChI=1S/C9H5ClF4O/c10-6-1-3-7(4-2-6)15-9(13,14)5-8(11)12/h1-5H. The lowest BCUT2D eigenvalue weighted by Gasteiger charge is -2.13. The second-order valence-electron chi connectivity index (χ2n) is 2.55. The van der Waals surface area contributed by atoms with Crippen molar-refractivity contribution in [2.24, 2.45) is 0 Å². The zero-order valence-electron chi connectivity index (χ0n) is 7.18. The number of ether oxygens (including phenoxy) is 1. The topological polar surface area (TPSA) is 9.23 Å². The summed E-state index contributed by atoms with van der Waals surface area (Å²) in [7, 11) is 0. The lowest BCUT2D eigenvalue weighted by atomic mass is 10.3. The molecule has 0 heterocycles. The summed E-state index contributed by atoms with van der Waals surface area (Å²) in [5, 5.41) is 0.331. The van der Waals surface area contributed by atoms with Crippen LogP contribution in [0.25, 0.3) is 0 Å². The molecule has 15 heavy (non-hydrogen) atoms. The zero-order valence-corrected chi connectivity index (χ0v) is 7.94. The molecule has 0 fully saturated rings. The van der Waals surface area contributed by atoms with Crippen molar-refractivity contribution in [3.63, 3.8) is 0 Å². The summed E-state index contributed by atoms with van der Waals surface area (Å²) in [4.78, 5) is 0. The Bertz CT molecular complexity index is 357. The van der Waals surface area contributed by atoms with Crippen molar-refractivity contribution in [3.05, 3.63) is 41.4 Å². The number of rotatable bonds is 3. The smallest absolute Gasteiger partial charge is 0.425 e. The summed E-state index contributed by atoms with van der Waals surface area (Å²) < 4.78 is 52.5. The van der Waals surface area contributed by atoms with Gasteiger partial charge in [-0.1, -0.05) is 11.6 Å². The van der Waals surface area contributed by atoms with Gasteiger partial charge in [0.25, 0.3) is 6.08 Å². The summed E-state index contributed by atoms with van der Waals surface area (Å²) in [5.74, 6) is -0.248. The van der Waals surface area contributed by atoms with Crippen LogP contribution >= 0.6 is 11.6 Å². The van der Waals surface area contributed by atoms with Crippen LogP contribution in [0.1, 0.15) is 0 Å². The van der Waals surface area contributed by atoms with Gasteiger partial charge < -0.3 is 4.74 Å². The quantitative estimate of drug-likeness (QED) is 0.723. The van der Waals surface area contributed by atoms with E-state index in [0.717, 1.165) is 12.1 Å². The molecule has 6 heteroatoms. The Morgan fingerprint density at radius 3 is 2.20 bits per heavy atom. The first-order valence-electron chi connectivity index (χ1n) is 3.75. The van der Waals surface area contributed by atoms with E-state index in [1.807, 2.05) is 0 Å². The normalized spacial score (nSPS) is 11.0. The molecule has 0 bridgehead atoms. The Morgan fingerprint density at radius 1 is 1.20 bits per heavy atom. The van der Waals surface area contributed by atoms with Gasteiger partial charge >= 0.3 is 6.11 Å². The van der Waals surface area contributed by atoms with E-state index in [0.29, 0.717) is 5.02 Å². The molecule has 0 atom stereocenters. The molecular formula is C9H5ClF4O. The van der Waals surface area contributed by atoms with Crippen LogP contribution in [0.2, 0.25) is 5.02 Å². The Kier molecular flexibility index (Phi) is 3.57. The zero-order chi connectivity index (χ0) is 11.5. The molecule has 0 aromatic heterocycles. The van der Waals surface area contributed by atoms with Crippen molar-refractivity contribution >= 4 is 11.6 Å². The lowest BCUT2D eigenvalue weighted by Crippen LogP contribution is -2.21. The second kappa shape index (κ2) is 4.53. The van der Waals surface area contributed by atoms with Crippen LogP contribution in [0, 0.1) is 0 Å². The van der Waals surface area contributed by atoms with Gasteiger partial charge in [-0.15, -0.1) is 0 Å². The summed E-state index contributed by atoms with van der Waals surface area (Å²) >= 11 is 5.49. The highest BCUT2D eigenvalue weighted by molar-refractivity contribution is 6.30. The molecular weight excluding hydrogens is 236 g/mol. The third-order valence-electron chi connectivity index (χ3n) is 1.34. The molecule has 1 aromatic rings. The maximum absolute atomic E-state index is 12.6. The SMILES string of the molecule is FC(F)=CC(F)(F)Oc1ccc(Cl)cc1. The van der Waals surface area contributed by atoms with Crippen LogP contribution in [0.5, 0.6) is 5.75 Å². The van der Waals surface area contributed by atoms with Gasteiger partial charge in [-0.3, -0.25) is 0 Å². The Morgan fingerprint density at radius 2 is 1.73 bits per heavy atom. The maximum atomic E-state index is 12.6. The number of alkyl halides is 2. The first-order chi connectivity index (χ1) is 6.89. The first kappa shape index (κ1) is 11.8. The van der Waals surface area contributed by atoms with E-state index in [2.05, 4.69) is 4.74 Å². The van der Waals surface area contributed by atoms with Crippen molar-refractivity contribution < 1.29 is 22.3 Å². The predicted molar refractivity (Wildman–Crippen MR) is 47.3 cm³/mol. The van der Waals surface area contributed by atoms with Crippen molar-refractivity contribution in [1.82, 2.24) is 0 Å². The van der Waals surface area contributed by atoms with Gasteiger partial charge in [0, 0.05) is 5.02 Å². The minimum atomic E-state index is -4.04. The number of benzene rings is 1. The largest absolute Gasteiger partial charge is 0.429 e. The fourth-order valence-electron chi connectivity index (χ4n) is 0.816. The lowest BCUT2D eigenvalue weighted by molar-refractivity contribution is -0.133. The van der Waals surface area contributed by atoms with Crippen LogP contribution < -0.4 is 4.74 Å². The van der Waals surface area contributed by atoms with Crippen molar-refractivity contribution in [2.75, 3.05) is 0 Å². The maximum Gasteiger partial charge on any atom is 0.425 e. The van der Waals surface area contributed by atoms with Crippen LogP contribution in [0.3, 0.4) is 0 Å². The van der Waals surface area contributed by atoms with Crippen LogP contribution in [0.15, 0.2) is 36.4 Å². The van der Waals surface area contributed by atoms with Crippen LogP contribution in [-0.2, 0) is 0 Å². The average Bonchev–Trinajstić information content (AvgIpc) is 2.06. The summed E-state index contributed by atoms with van der Waals surface area (Å²) in [6, 6.07) is 4.92. The average molecular weight is 241 g/mol. The molecule has 1 nitrogen and oxygen atoms in total. The molecule has 82 valence electrons. The molecule has 0 aliphatic carbocycles. The molecule has 0 unspecified atom stereocenters. The fraction of sp³-hybridized carbons (Fsp3) is 0.111. The van der Waals surface area contributed by atoms with Crippen molar-refractivity contribution in [2.45, 2.75) is 6.11 Å². The van der Waals surface area contributed by atoms with E-state index in [1.165, 1.54) is 12.1 Å². The third kappa shape index (κ3) is 4.20. The van der Waals surface area contributed by atoms with Gasteiger partial charge in [0.15, 0.2) is 0 Å². The highest BCUT2D eigenvalue weighted by atomic mass is 35.5. The van der Waals surface area contributed by atoms with Gasteiger partial charge in [-0.05, 0) is 24.3 Å². The number of hydrogen-bond acceptors (Lipinski definition) is 1. The third-order valence-corrected chi connectivity index (χ3v) is 1.60. The van der Waals surface area contributed by atoms with Gasteiger partial charge in [0.2, 0.25) is 0 Å². The van der Waals surface area contributed by atoms with E-state index >= 15 is 0 Å². The number of halogens is 5. The first-order valence-corrected chi connectivity index (χ1v) is 4.13. The molecule has 1 rings (SSSR count). The minimum absolute atomic E-state index is 0.248. The molecule has 0 amide bonds. The van der Waals surface area contributed by atoms with E-state index < -0.39 is 18.3 Å². The Balaban J connectivity index is 2.77. The second-order valence-corrected chi connectivity index (χ2v) is 2.99. The summed E-state index contributed by atoms with van der Waals surface area (Å²) in [6.45, 7) is 0. The fourth-order valence-corrected chi connectivity index (χ4v) is 0.942. The molecule has 0 aliphatic rings. The van der Waals surface area contributed by atoms with E-state index in [9.17, 15) is 17.6 Å². The molecule has 1 aromatic carbocycles. The van der Waals surface area contributed by atoms with Gasteiger partial charge in [-0.25, -0.2) is 0 Å². The molecule has 0 saturated heterocycles. The Hall–Kier alpha value is -1.23. The van der Waals surface area contributed by atoms with Gasteiger partial charge in [0.05, 0.1) is 6.08 Å². The minimum Gasteiger partial charge on any atom is -0.429 e. The molecule has 0 spiro atoms. The highest BCUT2D eigenvalue weighted by Crippen LogP contribution is 2.25. The summed E-state index contributed by atoms with van der Waals surface area (Å²) in [5.41, 5.74) is 0. The molecule has 0 N–H and O–H groups in total.